The van der Waals surface area contributed by atoms with Gasteiger partial charge in [-0.3, -0.25) is 0 Å². The first-order valence-corrected chi connectivity index (χ1v) is 14.9. The molecular formula is C32H56N2. The lowest BCUT2D eigenvalue weighted by atomic mass is 9.89. The van der Waals surface area contributed by atoms with Crippen molar-refractivity contribution >= 4 is 12.4 Å². The molecule has 0 amide bonds. The highest BCUT2D eigenvalue weighted by Crippen LogP contribution is 2.24. The van der Waals surface area contributed by atoms with E-state index in [9.17, 15) is 0 Å². The topological polar surface area (TPSA) is 47.7 Å². The predicted octanol–water partition coefficient (Wildman–Crippen LogP) is 10.6. The van der Waals surface area contributed by atoms with Crippen LogP contribution in [0.25, 0.3) is 0 Å². The van der Waals surface area contributed by atoms with Crippen LogP contribution in [0.15, 0.2) is 12.1 Å². The van der Waals surface area contributed by atoms with Gasteiger partial charge in [0.1, 0.15) is 0 Å². The molecule has 0 atom stereocenters. The molecule has 1 rings (SSSR count). The molecule has 0 aliphatic rings. The Balaban J connectivity index is 2.39. The van der Waals surface area contributed by atoms with E-state index in [2.05, 4.69) is 26.0 Å². The minimum Gasteiger partial charge on any atom is -0.308 e. The summed E-state index contributed by atoms with van der Waals surface area (Å²) in [6.07, 6.45) is 32.3. The number of hydrogen-bond donors (Lipinski definition) is 2. The molecule has 0 spiro atoms. The third-order valence-electron chi connectivity index (χ3n) is 7.38. The minimum atomic E-state index is 1.07. The van der Waals surface area contributed by atoms with E-state index in [1.807, 2.05) is 0 Å². The Bertz CT molecular complexity index is 579. The summed E-state index contributed by atoms with van der Waals surface area (Å²) in [7, 11) is 0. The smallest absolute Gasteiger partial charge is 0.0253 e. The summed E-state index contributed by atoms with van der Waals surface area (Å²) in [6, 6.07) is 4.11. The molecule has 0 fully saturated rings. The second-order valence-corrected chi connectivity index (χ2v) is 10.4. The summed E-state index contributed by atoms with van der Waals surface area (Å²) in [6.45, 7) is 4.56. The Kier molecular flexibility index (Phi) is 19.8. The number of benzene rings is 1. The fraction of sp³-hybridized carbons (Fsp3) is 0.750. The average molecular weight is 469 g/mol. The van der Waals surface area contributed by atoms with Gasteiger partial charge in [-0.15, -0.1) is 0 Å². The molecule has 0 aromatic heterocycles. The third kappa shape index (κ3) is 14.1. The summed E-state index contributed by atoms with van der Waals surface area (Å²) >= 11 is 0. The molecule has 0 aliphatic heterocycles. The first-order chi connectivity index (χ1) is 16.8. The lowest BCUT2D eigenvalue weighted by Crippen LogP contribution is -2.05. The van der Waals surface area contributed by atoms with E-state index in [4.69, 9.17) is 10.8 Å². The lowest BCUT2D eigenvalue weighted by molar-refractivity contribution is 0.553. The molecule has 2 nitrogen and oxygen atoms in total. The minimum absolute atomic E-state index is 1.07. The van der Waals surface area contributed by atoms with E-state index >= 15 is 0 Å². The maximum Gasteiger partial charge on any atom is 0.0253 e. The maximum atomic E-state index is 7.92. The Morgan fingerprint density at radius 3 is 0.971 bits per heavy atom. The summed E-state index contributed by atoms with van der Waals surface area (Å²) in [5, 5.41) is 15.8. The predicted molar refractivity (Wildman–Crippen MR) is 153 cm³/mol. The van der Waals surface area contributed by atoms with Crippen LogP contribution in [0.2, 0.25) is 0 Å². The third-order valence-corrected chi connectivity index (χ3v) is 7.38. The highest BCUT2D eigenvalue weighted by atomic mass is 14.4. The van der Waals surface area contributed by atoms with Gasteiger partial charge in [0.2, 0.25) is 0 Å². The zero-order valence-electron chi connectivity index (χ0n) is 22.9. The quantitative estimate of drug-likeness (QED) is 0.112. The second-order valence-electron chi connectivity index (χ2n) is 10.4. The highest BCUT2D eigenvalue weighted by molar-refractivity contribution is 5.86. The molecule has 1 aromatic carbocycles. The summed E-state index contributed by atoms with van der Waals surface area (Å²) < 4.78 is 0. The van der Waals surface area contributed by atoms with E-state index in [-0.39, 0.29) is 0 Å². The normalized spacial score (nSPS) is 11.1. The largest absolute Gasteiger partial charge is 0.308 e. The molecule has 1 aromatic rings. The number of rotatable bonds is 24. The van der Waals surface area contributed by atoms with Gasteiger partial charge in [-0.1, -0.05) is 142 Å². The Hall–Kier alpha value is -1.44. The van der Waals surface area contributed by atoms with Crippen LogP contribution >= 0.6 is 0 Å². The van der Waals surface area contributed by atoms with Crippen LogP contribution in [0.4, 0.5) is 0 Å². The van der Waals surface area contributed by atoms with Gasteiger partial charge in [0.15, 0.2) is 0 Å². The first kappa shape index (κ1) is 30.6. The fourth-order valence-corrected chi connectivity index (χ4v) is 5.17. The molecule has 194 valence electrons. The highest BCUT2D eigenvalue weighted by Gasteiger charge is 2.11. The van der Waals surface area contributed by atoms with E-state index in [0.29, 0.717) is 0 Å². The molecule has 0 radical (unpaired) electrons. The van der Waals surface area contributed by atoms with Gasteiger partial charge in [0.25, 0.3) is 0 Å². The van der Waals surface area contributed by atoms with Crippen molar-refractivity contribution in [1.29, 1.82) is 10.8 Å². The Morgan fingerprint density at radius 2 is 0.706 bits per heavy atom. The molecule has 0 saturated heterocycles. The van der Waals surface area contributed by atoms with Crippen LogP contribution < -0.4 is 0 Å². The summed E-state index contributed by atoms with van der Waals surface area (Å²) in [5.74, 6) is 0. The molecule has 0 unspecified atom stereocenters. The molecule has 0 bridgehead atoms. The molecule has 2 N–H and O–H groups in total. The monoisotopic (exact) mass is 468 g/mol. The fourth-order valence-electron chi connectivity index (χ4n) is 5.17. The second kappa shape index (κ2) is 22.1. The van der Waals surface area contributed by atoms with Gasteiger partial charge < -0.3 is 10.8 Å². The van der Waals surface area contributed by atoms with E-state index < -0.39 is 0 Å². The van der Waals surface area contributed by atoms with Gasteiger partial charge in [0, 0.05) is 12.4 Å². The van der Waals surface area contributed by atoms with Crippen LogP contribution in [-0.2, 0) is 12.8 Å². The summed E-state index contributed by atoms with van der Waals surface area (Å²) in [4.78, 5) is 0. The van der Waals surface area contributed by atoms with Crippen molar-refractivity contribution in [3.63, 3.8) is 0 Å². The Morgan fingerprint density at radius 1 is 0.441 bits per heavy atom. The van der Waals surface area contributed by atoms with Crippen LogP contribution in [0.3, 0.4) is 0 Å². The Labute approximate surface area is 212 Å². The number of hydrogen-bond acceptors (Lipinski definition) is 2. The van der Waals surface area contributed by atoms with E-state index in [1.165, 1.54) is 152 Å². The van der Waals surface area contributed by atoms with E-state index in [1.54, 1.807) is 0 Å². The molecule has 34 heavy (non-hydrogen) atoms. The maximum absolute atomic E-state index is 7.92. The zero-order chi connectivity index (χ0) is 24.7. The van der Waals surface area contributed by atoms with Gasteiger partial charge in [-0.25, -0.2) is 0 Å². The zero-order valence-corrected chi connectivity index (χ0v) is 22.9. The van der Waals surface area contributed by atoms with Gasteiger partial charge in [-0.05, 0) is 47.9 Å². The van der Waals surface area contributed by atoms with Crippen molar-refractivity contribution in [2.75, 3.05) is 0 Å². The number of unbranched alkanes of at least 4 members (excludes halogenated alkanes) is 18. The van der Waals surface area contributed by atoms with Gasteiger partial charge >= 0.3 is 0 Å². The standard InChI is InChI=1S/C32H56N2/c1-3-5-7-9-11-13-15-17-19-21-23-31-29(27-33)25-26-30(28-34)32(31)24-22-20-18-16-14-12-10-8-6-4-2/h25-28,33-34H,3-24H2,1-2H3. The van der Waals surface area contributed by atoms with Crippen LogP contribution in [-0.4, -0.2) is 12.4 Å². The summed E-state index contributed by atoms with van der Waals surface area (Å²) in [5.41, 5.74) is 4.85. The molecule has 0 saturated carbocycles. The van der Waals surface area contributed by atoms with Crippen molar-refractivity contribution in [3.05, 3.63) is 34.4 Å². The SMILES string of the molecule is CCCCCCCCCCCCc1c(C=N)ccc(C=N)c1CCCCCCCCCCCC. The molecular weight excluding hydrogens is 412 g/mol. The van der Waals surface area contributed by atoms with Gasteiger partial charge in [0.05, 0.1) is 0 Å². The molecule has 2 heteroatoms. The van der Waals surface area contributed by atoms with Gasteiger partial charge in [-0.2, -0.15) is 0 Å². The average Bonchev–Trinajstić information content (AvgIpc) is 2.86. The van der Waals surface area contributed by atoms with Crippen LogP contribution in [0.5, 0.6) is 0 Å². The first-order valence-electron chi connectivity index (χ1n) is 14.9. The van der Waals surface area contributed by atoms with Crippen molar-refractivity contribution in [3.8, 4) is 0 Å². The van der Waals surface area contributed by atoms with Crippen molar-refractivity contribution in [1.82, 2.24) is 0 Å². The lowest BCUT2D eigenvalue weighted by Gasteiger charge is -2.16. The molecule has 0 aliphatic carbocycles. The van der Waals surface area contributed by atoms with Crippen LogP contribution in [0.1, 0.15) is 165 Å². The van der Waals surface area contributed by atoms with E-state index in [0.717, 1.165) is 24.0 Å². The van der Waals surface area contributed by atoms with Crippen molar-refractivity contribution < 1.29 is 0 Å². The molecule has 0 heterocycles. The number of nitrogens with one attached hydrogen (secondary N) is 2. The van der Waals surface area contributed by atoms with Crippen molar-refractivity contribution in [2.24, 2.45) is 0 Å². The van der Waals surface area contributed by atoms with Crippen molar-refractivity contribution in [2.45, 2.75) is 155 Å². The van der Waals surface area contributed by atoms with Crippen LogP contribution in [0, 0.1) is 10.8 Å².